The normalized spacial score (nSPS) is 10.4. The number of fused-ring (bicyclic) bond motifs is 1. The lowest BCUT2D eigenvalue weighted by Gasteiger charge is -2.13. The van der Waals surface area contributed by atoms with Gasteiger partial charge >= 0.3 is 0 Å². The molecule has 3 heteroatoms. The van der Waals surface area contributed by atoms with Crippen LogP contribution in [-0.4, -0.2) is 21.3 Å². The Hall–Kier alpha value is -1.90. The highest BCUT2D eigenvalue weighted by Gasteiger charge is 2.12. The first kappa shape index (κ1) is 11.6. The molecule has 0 saturated carbocycles. The standard InChI is InChI=1S/C14H16O3/c1-9-7-10-11(15-2)5-6-12(16-3)14(10)13(8-9)17-4/h5-8H,1-4H3. The van der Waals surface area contributed by atoms with Crippen LogP contribution in [0.4, 0.5) is 0 Å². The van der Waals surface area contributed by atoms with E-state index in [1.165, 1.54) is 0 Å². The molecule has 0 fully saturated rings. The third-order valence-corrected chi connectivity index (χ3v) is 2.80. The fourth-order valence-corrected chi connectivity index (χ4v) is 2.04. The molecule has 90 valence electrons. The van der Waals surface area contributed by atoms with Gasteiger partial charge < -0.3 is 14.2 Å². The number of hydrogen-bond acceptors (Lipinski definition) is 3. The van der Waals surface area contributed by atoms with E-state index in [1.54, 1.807) is 21.3 Å². The van der Waals surface area contributed by atoms with Crippen molar-refractivity contribution >= 4 is 10.8 Å². The maximum atomic E-state index is 5.41. The molecule has 3 nitrogen and oxygen atoms in total. The van der Waals surface area contributed by atoms with Gasteiger partial charge in [0.15, 0.2) is 0 Å². The number of hydrogen-bond donors (Lipinski definition) is 0. The van der Waals surface area contributed by atoms with Gasteiger partial charge in [0, 0.05) is 5.39 Å². The number of benzene rings is 2. The average Bonchev–Trinajstić information content (AvgIpc) is 2.36. The molecule has 2 rings (SSSR count). The van der Waals surface area contributed by atoms with Gasteiger partial charge in [-0.15, -0.1) is 0 Å². The first-order valence-electron chi connectivity index (χ1n) is 5.40. The van der Waals surface area contributed by atoms with Crippen LogP contribution in [0.2, 0.25) is 0 Å². The summed E-state index contributed by atoms with van der Waals surface area (Å²) < 4.78 is 16.2. The number of aryl methyl sites for hydroxylation is 1. The Morgan fingerprint density at radius 1 is 0.765 bits per heavy atom. The summed E-state index contributed by atoms with van der Waals surface area (Å²) in [6, 6.07) is 7.85. The van der Waals surface area contributed by atoms with Crippen molar-refractivity contribution in [3.8, 4) is 17.2 Å². The highest BCUT2D eigenvalue weighted by molar-refractivity contribution is 5.98. The van der Waals surface area contributed by atoms with Crippen LogP contribution in [0.25, 0.3) is 10.8 Å². The Labute approximate surface area is 101 Å². The van der Waals surface area contributed by atoms with Crippen LogP contribution in [0.5, 0.6) is 17.2 Å². The van der Waals surface area contributed by atoms with E-state index in [9.17, 15) is 0 Å². The molecule has 0 aromatic heterocycles. The molecule has 17 heavy (non-hydrogen) atoms. The van der Waals surface area contributed by atoms with Crippen LogP contribution < -0.4 is 14.2 Å². The van der Waals surface area contributed by atoms with Gasteiger partial charge in [-0.2, -0.15) is 0 Å². The fraction of sp³-hybridized carbons (Fsp3) is 0.286. The van der Waals surface area contributed by atoms with Gasteiger partial charge in [-0.3, -0.25) is 0 Å². The molecule has 0 N–H and O–H groups in total. The van der Waals surface area contributed by atoms with Crippen LogP contribution in [0, 0.1) is 6.92 Å². The summed E-state index contributed by atoms with van der Waals surface area (Å²) >= 11 is 0. The Balaban J connectivity index is 2.89. The topological polar surface area (TPSA) is 27.7 Å². The van der Waals surface area contributed by atoms with Crippen molar-refractivity contribution in [1.82, 2.24) is 0 Å². The van der Waals surface area contributed by atoms with Gasteiger partial charge in [0.1, 0.15) is 17.2 Å². The Kier molecular flexibility index (Phi) is 3.09. The number of methoxy groups -OCH3 is 3. The zero-order chi connectivity index (χ0) is 12.4. The van der Waals surface area contributed by atoms with E-state index < -0.39 is 0 Å². The second-order valence-corrected chi connectivity index (χ2v) is 3.86. The molecule has 0 spiro atoms. The van der Waals surface area contributed by atoms with Crippen molar-refractivity contribution in [3.63, 3.8) is 0 Å². The summed E-state index contributed by atoms with van der Waals surface area (Å²) in [5.41, 5.74) is 1.13. The third kappa shape index (κ3) is 1.88. The van der Waals surface area contributed by atoms with Crippen molar-refractivity contribution in [2.24, 2.45) is 0 Å². The minimum Gasteiger partial charge on any atom is -0.496 e. The van der Waals surface area contributed by atoms with Crippen LogP contribution in [0.3, 0.4) is 0 Å². The molecule has 2 aromatic rings. The molecule has 0 heterocycles. The highest BCUT2D eigenvalue weighted by Crippen LogP contribution is 2.39. The van der Waals surface area contributed by atoms with Crippen molar-refractivity contribution in [2.45, 2.75) is 6.92 Å². The average molecular weight is 232 g/mol. The van der Waals surface area contributed by atoms with Gasteiger partial charge in [0.25, 0.3) is 0 Å². The predicted molar refractivity (Wildman–Crippen MR) is 68.3 cm³/mol. The van der Waals surface area contributed by atoms with Crippen LogP contribution in [0.1, 0.15) is 5.56 Å². The summed E-state index contributed by atoms with van der Waals surface area (Å²) in [5, 5.41) is 1.95. The van der Waals surface area contributed by atoms with Gasteiger partial charge in [-0.05, 0) is 36.8 Å². The molecule has 0 aliphatic carbocycles. The van der Waals surface area contributed by atoms with Gasteiger partial charge in [-0.25, -0.2) is 0 Å². The van der Waals surface area contributed by atoms with Crippen molar-refractivity contribution < 1.29 is 14.2 Å². The minimum absolute atomic E-state index is 0.789. The predicted octanol–water partition coefficient (Wildman–Crippen LogP) is 3.17. The zero-order valence-corrected chi connectivity index (χ0v) is 10.5. The van der Waals surface area contributed by atoms with E-state index in [-0.39, 0.29) is 0 Å². The number of rotatable bonds is 3. The maximum absolute atomic E-state index is 5.41. The molecule has 0 saturated heterocycles. The van der Waals surface area contributed by atoms with Gasteiger partial charge in [0.2, 0.25) is 0 Å². The fourth-order valence-electron chi connectivity index (χ4n) is 2.04. The van der Waals surface area contributed by atoms with E-state index >= 15 is 0 Å². The molecule has 0 aliphatic heterocycles. The van der Waals surface area contributed by atoms with Crippen molar-refractivity contribution in [2.75, 3.05) is 21.3 Å². The number of ether oxygens (including phenoxy) is 3. The second-order valence-electron chi connectivity index (χ2n) is 3.86. The largest absolute Gasteiger partial charge is 0.496 e. The molecule has 0 amide bonds. The smallest absolute Gasteiger partial charge is 0.130 e. The lowest BCUT2D eigenvalue weighted by atomic mass is 10.0. The third-order valence-electron chi connectivity index (χ3n) is 2.80. The molecule has 0 radical (unpaired) electrons. The summed E-state index contributed by atoms with van der Waals surface area (Å²) in [7, 11) is 4.98. The quantitative estimate of drug-likeness (QED) is 0.813. The first-order valence-corrected chi connectivity index (χ1v) is 5.40. The van der Waals surface area contributed by atoms with Gasteiger partial charge in [0.05, 0.1) is 26.7 Å². The lowest BCUT2D eigenvalue weighted by Crippen LogP contribution is -1.93. The first-order chi connectivity index (χ1) is 8.21. The molecule has 0 unspecified atom stereocenters. The van der Waals surface area contributed by atoms with E-state index in [2.05, 4.69) is 6.07 Å². The van der Waals surface area contributed by atoms with Crippen LogP contribution in [0.15, 0.2) is 24.3 Å². The van der Waals surface area contributed by atoms with Gasteiger partial charge in [-0.1, -0.05) is 0 Å². The molecular formula is C14H16O3. The molecular weight excluding hydrogens is 216 g/mol. The minimum atomic E-state index is 0.789. The highest BCUT2D eigenvalue weighted by atomic mass is 16.5. The molecule has 0 aliphatic rings. The van der Waals surface area contributed by atoms with Crippen LogP contribution in [-0.2, 0) is 0 Å². The molecule has 2 aromatic carbocycles. The maximum Gasteiger partial charge on any atom is 0.130 e. The monoisotopic (exact) mass is 232 g/mol. The zero-order valence-electron chi connectivity index (χ0n) is 10.5. The Bertz CT molecular complexity index is 547. The van der Waals surface area contributed by atoms with Crippen LogP contribution >= 0.6 is 0 Å². The second kappa shape index (κ2) is 4.53. The molecule has 0 bridgehead atoms. The van der Waals surface area contributed by atoms with Crippen molar-refractivity contribution in [1.29, 1.82) is 0 Å². The summed E-state index contributed by atoms with van der Waals surface area (Å²) in [6.45, 7) is 2.03. The van der Waals surface area contributed by atoms with E-state index in [0.29, 0.717) is 0 Å². The Morgan fingerprint density at radius 3 is 1.94 bits per heavy atom. The van der Waals surface area contributed by atoms with E-state index in [1.807, 2.05) is 25.1 Å². The van der Waals surface area contributed by atoms with Crippen molar-refractivity contribution in [3.05, 3.63) is 29.8 Å². The lowest BCUT2D eigenvalue weighted by molar-refractivity contribution is 0.400. The summed E-state index contributed by atoms with van der Waals surface area (Å²) in [5.74, 6) is 2.41. The molecule has 0 atom stereocenters. The Morgan fingerprint density at radius 2 is 1.35 bits per heavy atom. The van der Waals surface area contributed by atoms with E-state index in [4.69, 9.17) is 14.2 Å². The van der Waals surface area contributed by atoms with E-state index in [0.717, 1.165) is 33.6 Å². The summed E-state index contributed by atoms with van der Waals surface area (Å²) in [6.07, 6.45) is 0. The SMILES string of the molecule is COc1ccc(OC)c2c(OC)cc(C)cc12. The summed E-state index contributed by atoms with van der Waals surface area (Å²) in [4.78, 5) is 0.